The van der Waals surface area contributed by atoms with Crippen molar-refractivity contribution < 1.29 is 17.9 Å². The Hall–Kier alpha value is -1.76. The maximum absolute atomic E-state index is 11.8. The third-order valence-corrected chi connectivity index (χ3v) is 3.26. The lowest BCUT2D eigenvalue weighted by molar-refractivity contribution is -0.121. The van der Waals surface area contributed by atoms with Crippen molar-refractivity contribution in [2.75, 3.05) is 29.0 Å². The maximum atomic E-state index is 11.8. The van der Waals surface area contributed by atoms with Crippen LogP contribution in [0, 0.1) is 0 Å². The topological polar surface area (TPSA) is 75.7 Å². The molecule has 6 nitrogen and oxygen atoms in total. The van der Waals surface area contributed by atoms with Gasteiger partial charge in [-0.1, -0.05) is 6.92 Å². The second kappa shape index (κ2) is 5.08. The molecule has 0 bridgehead atoms. The second-order valence-corrected chi connectivity index (χ2v) is 6.14. The highest BCUT2D eigenvalue weighted by Gasteiger charge is 2.25. The van der Waals surface area contributed by atoms with Gasteiger partial charge in [-0.25, -0.2) is 8.42 Å². The fourth-order valence-electron chi connectivity index (χ4n) is 1.95. The van der Waals surface area contributed by atoms with E-state index in [1.165, 1.54) is 0 Å². The summed E-state index contributed by atoms with van der Waals surface area (Å²) in [4.78, 5) is 13.4. The van der Waals surface area contributed by atoms with E-state index in [0.717, 1.165) is 12.7 Å². The Morgan fingerprint density at radius 3 is 2.79 bits per heavy atom. The molecular weight excluding hydrogens is 268 g/mol. The zero-order chi connectivity index (χ0) is 14.0. The van der Waals surface area contributed by atoms with E-state index in [9.17, 15) is 13.2 Å². The van der Waals surface area contributed by atoms with E-state index < -0.39 is 10.0 Å². The molecule has 0 saturated heterocycles. The molecule has 1 heterocycles. The Kier molecular flexibility index (Phi) is 3.66. The first-order valence-corrected chi connectivity index (χ1v) is 7.85. The van der Waals surface area contributed by atoms with Gasteiger partial charge in [-0.05, 0) is 24.6 Å². The predicted octanol–water partition coefficient (Wildman–Crippen LogP) is 1.19. The normalized spacial score (nSPS) is 14.8. The van der Waals surface area contributed by atoms with Crippen LogP contribution in [-0.2, 0) is 14.8 Å². The number of carbonyl (C=O) groups excluding carboxylic acids is 1. The lowest BCUT2D eigenvalue weighted by atomic mass is 10.2. The molecule has 1 aliphatic rings. The van der Waals surface area contributed by atoms with Crippen molar-refractivity contribution in [2.24, 2.45) is 0 Å². The van der Waals surface area contributed by atoms with Crippen molar-refractivity contribution in [3.8, 4) is 5.75 Å². The number of amides is 1. The highest BCUT2D eigenvalue weighted by Crippen LogP contribution is 2.34. The van der Waals surface area contributed by atoms with Crippen LogP contribution >= 0.6 is 0 Å². The van der Waals surface area contributed by atoms with Crippen LogP contribution in [0.1, 0.15) is 13.3 Å². The van der Waals surface area contributed by atoms with Gasteiger partial charge in [-0.2, -0.15) is 0 Å². The molecule has 0 aliphatic carbocycles. The summed E-state index contributed by atoms with van der Waals surface area (Å²) in [5, 5.41) is 0. The fraction of sp³-hybridized carbons (Fsp3) is 0.417. The number of sulfonamides is 1. The maximum Gasteiger partial charge on any atom is 0.265 e. The summed E-state index contributed by atoms with van der Waals surface area (Å²) in [6.07, 6.45) is 1.90. The van der Waals surface area contributed by atoms with Gasteiger partial charge < -0.3 is 9.64 Å². The average molecular weight is 284 g/mol. The van der Waals surface area contributed by atoms with Gasteiger partial charge >= 0.3 is 0 Å². The van der Waals surface area contributed by atoms with Gasteiger partial charge in [0.15, 0.2) is 6.61 Å². The lowest BCUT2D eigenvalue weighted by Crippen LogP contribution is -2.39. The molecule has 19 heavy (non-hydrogen) atoms. The first-order valence-electron chi connectivity index (χ1n) is 5.95. The van der Waals surface area contributed by atoms with Crippen LogP contribution in [-0.4, -0.2) is 33.7 Å². The number of nitrogens with one attached hydrogen (secondary N) is 1. The van der Waals surface area contributed by atoms with Gasteiger partial charge in [-0.15, -0.1) is 0 Å². The summed E-state index contributed by atoms with van der Waals surface area (Å²) in [5.74, 6) is 0.470. The van der Waals surface area contributed by atoms with E-state index in [0.29, 0.717) is 23.7 Å². The number of benzene rings is 1. The third kappa shape index (κ3) is 3.17. The summed E-state index contributed by atoms with van der Waals surface area (Å²) in [6.45, 7) is 2.57. The zero-order valence-electron chi connectivity index (χ0n) is 10.8. The van der Waals surface area contributed by atoms with Crippen LogP contribution in [0.25, 0.3) is 0 Å². The summed E-state index contributed by atoms with van der Waals surface area (Å²) >= 11 is 0. The molecule has 1 aromatic carbocycles. The summed E-state index contributed by atoms with van der Waals surface area (Å²) in [7, 11) is -3.34. The minimum absolute atomic E-state index is 0.0197. The Morgan fingerprint density at radius 2 is 2.16 bits per heavy atom. The van der Waals surface area contributed by atoms with Gasteiger partial charge in [0.25, 0.3) is 5.91 Å². The summed E-state index contributed by atoms with van der Waals surface area (Å²) in [5.41, 5.74) is 1.02. The minimum atomic E-state index is -3.34. The van der Waals surface area contributed by atoms with Gasteiger partial charge in [0.05, 0.1) is 17.6 Å². The first-order chi connectivity index (χ1) is 8.90. The van der Waals surface area contributed by atoms with E-state index in [2.05, 4.69) is 4.72 Å². The van der Waals surface area contributed by atoms with Gasteiger partial charge in [0.2, 0.25) is 10.0 Å². The average Bonchev–Trinajstić information content (AvgIpc) is 2.31. The number of anilines is 2. The number of nitrogens with zero attached hydrogens (tertiary/aromatic N) is 1. The van der Waals surface area contributed by atoms with Crippen LogP contribution < -0.4 is 14.4 Å². The summed E-state index contributed by atoms with van der Waals surface area (Å²) < 4.78 is 30.2. The third-order valence-electron chi connectivity index (χ3n) is 2.65. The molecule has 7 heteroatoms. The number of rotatable bonds is 4. The van der Waals surface area contributed by atoms with Crippen LogP contribution in [0.3, 0.4) is 0 Å². The molecule has 0 fully saturated rings. The van der Waals surface area contributed by atoms with Crippen molar-refractivity contribution in [1.29, 1.82) is 0 Å². The molecule has 0 aromatic heterocycles. The van der Waals surface area contributed by atoms with Gasteiger partial charge in [0, 0.05) is 6.54 Å². The number of hydrogen-bond acceptors (Lipinski definition) is 4. The molecule has 2 rings (SSSR count). The van der Waals surface area contributed by atoms with Gasteiger partial charge in [-0.3, -0.25) is 9.52 Å². The van der Waals surface area contributed by atoms with Crippen molar-refractivity contribution in [3.63, 3.8) is 0 Å². The minimum Gasteiger partial charge on any atom is -0.482 e. The predicted molar refractivity (Wildman–Crippen MR) is 73.0 cm³/mol. The smallest absolute Gasteiger partial charge is 0.265 e. The van der Waals surface area contributed by atoms with E-state index >= 15 is 0 Å². The Balaban J connectivity index is 2.38. The summed E-state index contributed by atoms with van der Waals surface area (Å²) in [6, 6.07) is 4.89. The number of ether oxygens (including phenoxy) is 1. The van der Waals surface area contributed by atoms with Crippen molar-refractivity contribution in [3.05, 3.63) is 18.2 Å². The molecule has 1 N–H and O–H groups in total. The molecule has 104 valence electrons. The molecule has 0 unspecified atom stereocenters. The Labute approximate surface area is 112 Å². The quantitative estimate of drug-likeness (QED) is 0.901. The molecule has 1 aliphatic heterocycles. The number of carbonyl (C=O) groups is 1. The Bertz CT molecular complexity index is 598. The lowest BCUT2D eigenvalue weighted by Gasteiger charge is -2.29. The standard InChI is InChI=1S/C12H16N2O4S/c1-3-6-14-10-7-9(13-19(2,16)17)4-5-11(10)18-8-12(14)15/h4-5,7,13H,3,6,8H2,1-2H3. The Morgan fingerprint density at radius 1 is 1.42 bits per heavy atom. The van der Waals surface area contributed by atoms with Gasteiger partial charge in [0.1, 0.15) is 5.75 Å². The van der Waals surface area contributed by atoms with Crippen LogP contribution in [0.2, 0.25) is 0 Å². The van der Waals surface area contributed by atoms with Crippen LogP contribution in [0.4, 0.5) is 11.4 Å². The fourth-order valence-corrected chi connectivity index (χ4v) is 2.50. The molecular formula is C12H16N2O4S. The molecule has 1 amide bonds. The monoisotopic (exact) mass is 284 g/mol. The largest absolute Gasteiger partial charge is 0.482 e. The number of fused-ring (bicyclic) bond motifs is 1. The van der Waals surface area contributed by atoms with E-state index in [1.807, 2.05) is 6.92 Å². The highest BCUT2D eigenvalue weighted by molar-refractivity contribution is 7.92. The van der Waals surface area contributed by atoms with Crippen LogP contribution in [0.15, 0.2) is 18.2 Å². The molecule has 0 atom stereocenters. The molecule has 1 aromatic rings. The van der Waals surface area contributed by atoms with Crippen molar-refractivity contribution in [2.45, 2.75) is 13.3 Å². The second-order valence-electron chi connectivity index (χ2n) is 4.39. The molecule has 0 spiro atoms. The molecule has 0 radical (unpaired) electrons. The van der Waals surface area contributed by atoms with Crippen LogP contribution in [0.5, 0.6) is 5.75 Å². The SMILES string of the molecule is CCCN1C(=O)COc2ccc(NS(C)(=O)=O)cc21. The number of hydrogen-bond donors (Lipinski definition) is 1. The van der Waals surface area contributed by atoms with E-state index in [4.69, 9.17) is 4.74 Å². The van der Waals surface area contributed by atoms with Crippen molar-refractivity contribution >= 4 is 27.3 Å². The van der Waals surface area contributed by atoms with E-state index in [-0.39, 0.29) is 12.5 Å². The highest BCUT2D eigenvalue weighted by atomic mass is 32.2. The first kappa shape index (κ1) is 13.7. The van der Waals surface area contributed by atoms with Crippen molar-refractivity contribution in [1.82, 2.24) is 0 Å². The van der Waals surface area contributed by atoms with E-state index in [1.54, 1.807) is 23.1 Å². The molecule has 0 saturated carbocycles. The zero-order valence-corrected chi connectivity index (χ0v) is 11.7.